The van der Waals surface area contributed by atoms with Gasteiger partial charge in [-0.2, -0.15) is 8.42 Å². The smallest absolute Gasteiger partial charge is 0.272 e. The number of aliphatic hydroxyl groups is 1. The van der Waals surface area contributed by atoms with Gasteiger partial charge in [0.15, 0.2) is 0 Å². The van der Waals surface area contributed by atoms with E-state index in [1.54, 1.807) is 6.07 Å². The van der Waals surface area contributed by atoms with Crippen molar-refractivity contribution in [2.24, 2.45) is 0 Å². The van der Waals surface area contributed by atoms with Gasteiger partial charge in [0.2, 0.25) is 0 Å². The van der Waals surface area contributed by atoms with Crippen LogP contribution in [0, 0.1) is 0 Å². The van der Waals surface area contributed by atoms with Crippen LogP contribution in [-0.2, 0) is 29.6 Å². The Hall–Kier alpha value is -2.09. The van der Waals surface area contributed by atoms with Gasteiger partial charge in [-0.25, -0.2) is 0 Å². The lowest BCUT2D eigenvalue weighted by Gasteiger charge is -2.18. The molecule has 0 amide bonds. The summed E-state index contributed by atoms with van der Waals surface area (Å²) < 4.78 is 44.7. The molecule has 2 rings (SSSR count). The molecule has 2 aromatic carbocycles. The highest BCUT2D eigenvalue weighted by molar-refractivity contribution is 7.86. The molecular weight excluding hydrogens is 428 g/mol. The van der Waals surface area contributed by atoms with Gasteiger partial charge in [0.1, 0.15) is 16.7 Å². The standard InChI is InChI=1S/C25H36O6S/c1-4-6-15-31-23-17-20(18-26)11-13-21(23)10-7-9-19-12-14-22(24(16-19)30-3)25(8-5-2)32(27,28)29/h11-14,16-17,25-26H,4-10,15,18H2,1-3H3,(H,27,28,29). The fraction of sp³-hybridized carbons (Fsp3) is 0.520. The molecule has 0 bridgehead atoms. The fourth-order valence-electron chi connectivity index (χ4n) is 3.75. The van der Waals surface area contributed by atoms with E-state index < -0.39 is 15.4 Å². The third-order valence-electron chi connectivity index (χ3n) is 5.54. The molecule has 0 saturated heterocycles. The SMILES string of the molecule is CCCCOc1cc(CO)ccc1CCCc1ccc(C(CCC)S(=O)(=O)O)c(OC)c1. The van der Waals surface area contributed by atoms with E-state index in [0.717, 1.165) is 54.5 Å². The summed E-state index contributed by atoms with van der Waals surface area (Å²) in [4.78, 5) is 0. The van der Waals surface area contributed by atoms with Crippen LogP contribution in [0.1, 0.15) is 73.5 Å². The maximum absolute atomic E-state index is 11.8. The van der Waals surface area contributed by atoms with Gasteiger partial charge in [-0.3, -0.25) is 4.55 Å². The van der Waals surface area contributed by atoms with Crippen LogP contribution in [0.4, 0.5) is 0 Å². The monoisotopic (exact) mass is 464 g/mol. The Labute approximate surface area is 192 Å². The first-order valence-electron chi connectivity index (χ1n) is 11.3. The number of unbranched alkanes of at least 4 members (excludes halogenated alkanes) is 1. The third-order valence-corrected chi connectivity index (χ3v) is 6.75. The molecule has 2 N–H and O–H groups in total. The number of aliphatic hydroxyl groups excluding tert-OH is 1. The molecule has 32 heavy (non-hydrogen) atoms. The summed E-state index contributed by atoms with van der Waals surface area (Å²) in [6.45, 7) is 4.64. The molecular formula is C25H36O6S. The predicted octanol–water partition coefficient (Wildman–Crippen LogP) is 5.27. The Balaban J connectivity index is 2.11. The zero-order chi connectivity index (χ0) is 23.6. The van der Waals surface area contributed by atoms with Crippen molar-refractivity contribution in [2.75, 3.05) is 13.7 Å². The molecule has 1 atom stereocenters. The minimum Gasteiger partial charge on any atom is -0.496 e. The molecule has 0 radical (unpaired) electrons. The predicted molar refractivity (Wildman–Crippen MR) is 127 cm³/mol. The number of aryl methyl sites for hydroxylation is 2. The van der Waals surface area contributed by atoms with Gasteiger partial charge in [0.05, 0.1) is 20.3 Å². The van der Waals surface area contributed by atoms with Gasteiger partial charge in [0.25, 0.3) is 10.1 Å². The van der Waals surface area contributed by atoms with Crippen LogP contribution in [0.2, 0.25) is 0 Å². The molecule has 1 unspecified atom stereocenters. The molecule has 6 nitrogen and oxygen atoms in total. The highest BCUT2D eigenvalue weighted by atomic mass is 32.2. The molecule has 0 saturated carbocycles. The van der Waals surface area contributed by atoms with Crippen molar-refractivity contribution < 1.29 is 27.6 Å². The lowest BCUT2D eigenvalue weighted by atomic mass is 9.99. The average molecular weight is 465 g/mol. The maximum Gasteiger partial charge on any atom is 0.272 e. The van der Waals surface area contributed by atoms with Gasteiger partial charge >= 0.3 is 0 Å². The Morgan fingerprint density at radius 3 is 2.28 bits per heavy atom. The highest BCUT2D eigenvalue weighted by Crippen LogP contribution is 2.34. The molecule has 0 aromatic heterocycles. The number of methoxy groups -OCH3 is 1. The third kappa shape index (κ3) is 7.50. The Kier molecular flexibility index (Phi) is 10.5. The van der Waals surface area contributed by atoms with Gasteiger partial charge in [-0.05, 0) is 60.9 Å². The summed E-state index contributed by atoms with van der Waals surface area (Å²) in [6.07, 6.45) is 5.49. The van der Waals surface area contributed by atoms with Crippen LogP contribution in [0.15, 0.2) is 36.4 Å². The summed E-state index contributed by atoms with van der Waals surface area (Å²) in [5, 5.41) is 8.44. The quantitative estimate of drug-likeness (QED) is 0.292. The normalized spacial score (nSPS) is 12.5. The van der Waals surface area contributed by atoms with E-state index >= 15 is 0 Å². The number of hydrogen-bond acceptors (Lipinski definition) is 5. The molecule has 0 aliphatic rings. The van der Waals surface area contributed by atoms with Crippen molar-refractivity contribution in [1.82, 2.24) is 0 Å². The Morgan fingerprint density at radius 2 is 1.66 bits per heavy atom. The summed E-state index contributed by atoms with van der Waals surface area (Å²) in [7, 11) is -2.70. The molecule has 0 aliphatic carbocycles. The second-order valence-electron chi connectivity index (χ2n) is 8.02. The van der Waals surface area contributed by atoms with E-state index in [0.29, 0.717) is 30.8 Å². The van der Waals surface area contributed by atoms with Crippen LogP contribution >= 0.6 is 0 Å². The van der Waals surface area contributed by atoms with Crippen LogP contribution in [0.25, 0.3) is 0 Å². The zero-order valence-electron chi connectivity index (χ0n) is 19.3. The molecule has 0 spiro atoms. The van der Waals surface area contributed by atoms with Crippen molar-refractivity contribution in [2.45, 2.75) is 70.7 Å². The van der Waals surface area contributed by atoms with E-state index in [9.17, 15) is 18.1 Å². The van der Waals surface area contributed by atoms with E-state index in [4.69, 9.17) is 9.47 Å². The summed E-state index contributed by atoms with van der Waals surface area (Å²) in [6, 6.07) is 11.3. The summed E-state index contributed by atoms with van der Waals surface area (Å²) in [5.74, 6) is 1.31. The molecule has 0 fully saturated rings. The van der Waals surface area contributed by atoms with Crippen LogP contribution in [0.5, 0.6) is 11.5 Å². The Morgan fingerprint density at radius 1 is 0.938 bits per heavy atom. The molecule has 7 heteroatoms. The van der Waals surface area contributed by atoms with Gasteiger partial charge in [-0.15, -0.1) is 0 Å². The van der Waals surface area contributed by atoms with Crippen molar-refractivity contribution in [3.05, 3.63) is 58.7 Å². The van der Waals surface area contributed by atoms with Crippen molar-refractivity contribution in [1.29, 1.82) is 0 Å². The highest BCUT2D eigenvalue weighted by Gasteiger charge is 2.27. The first-order chi connectivity index (χ1) is 15.3. The number of rotatable bonds is 14. The lowest BCUT2D eigenvalue weighted by Crippen LogP contribution is -2.13. The maximum atomic E-state index is 11.8. The van der Waals surface area contributed by atoms with Crippen molar-refractivity contribution in [3.63, 3.8) is 0 Å². The van der Waals surface area contributed by atoms with E-state index in [1.807, 2.05) is 37.3 Å². The summed E-state index contributed by atoms with van der Waals surface area (Å²) >= 11 is 0. The fourth-order valence-corrected chi connectivity index (χ4v) is 4.80. The number of hydrogen-bond donors (Lipinski definition) is 2. The van der Waals surface area contributed by atoms with Gasteiger partial charge in [-0.1, -0.05) is 51.0 Å². The zero-order valence-corrected chi connectivity index (χ0v) is 20.2. The molecule has 0 heterocycles. The van der Waals surface area contributed by atoms with Crippen LogP contribution in [0.3, 0.4) is 0 Å². The molecule has 2 aromatic rings. The first-order valence-corrected chi connectivity index (χ1v) is 12.8. The van der Waals surface area contributed by atoms with E-state index in [1.165, 1.54) is 7.11 Å². The second-order valence-corrected chi connectivity index (χ2v) is 9.62. The number of benzene rings is 2. The minimum absolute atomic E-state index is 0.0147. The average Bonchev–Trinajstić information content (AvgIpc) is 2.77. The van der Waals surface area contributed by atoms with E-state index in [2.05, 4.69) is 6.92 Å². The number of ether oxygens (including phenoxy) is 2. The van der Waals surface area contributed by atoms with Crippen molar-refractivity contribution >= 4 is 10.1 Å². The van der Waals surface area contributed by atoms with Crippen LogP contribution in [-0.4, -0.2) is 31.8 Å². The minimum atomic E-state index is -4.21. The van der Waals surface area contributed by atoms with Crippen molar-refractivity contribution in [3.8, 4) is 11.5 Å². The lowest BCUT2D eigenvalue weighted by molar-refractivity contribution is 0.278. The van der Waals surface area contributed by atoms with Crippen LogP contribution < -0.4 is 9.47 Å². The second kappa shape index (κ2) is 12.8. The molecule has 0 aliphatic heterocycles. The summed E-state index contributed by atoms with van der Waals surface area (Å²) in [5.41, 5.74) is 3.47. The first kappa shape index (κ1) is 26.2. The van der Waals surface area contributed by atoms with Gasteiger partial charge < -0.3 is 14.6 Å². The van der Waals surface area contributed by atoms with E-state index in [-0.39, 0.29) is 6.61 Å². The van der Waals surface area contributed by atoms with Gasteiger partial charge in [0, 0.05) is 5.56 Å². The molecule has 178 valence electrons. The largest absolute Gasteiger partial charge is 0.496 e. The Bertz CT molecular complexity index is 955. The topological polar surface area (TPSA) is 93.1 Å².